The molecule has 3 heteroatoms. The van der Waals surface area contributed by atoms with E-state index in [9.17, 15) is 0 Å². The van der Waals surface area contributed by atoms with Crippen LogP contribution in [-0.4, -0.2) is 14.1 Å². The van der Waals surface area contributed by atoms with Crippen molar-refractivity contribution < 1.29 is 18.3 Å². The van der Waals surface area contributed by atoms with Crippen LogP contribution in [0.2, 0.25) is 0 Å². The van der Waals surface area contributed by atoms with Crippen LogP contribution in [0.25, 0.3) is 0 Å². The number of nitrogens with zero attached hydrogens (tertiary/aromatic N) is 1. The second-order valence-corrected chi connectivity index (χ2v) is 4.27. The van der Waals surface area contributed by atoms with E-state index in [1.54, 1.807) is 0 Å². The molecule has 0 saturated heterocycles. The Labute approximate surface area is 88.2 Å². The molecular formula is C8H11BrNZn. The molecule has 0 aliphatic carbocycles. The van der Waals surface area contributed by atoms with Gasteiger partial charge >= 0.3 is 71.4 Å². The zero-order valence-electron chi connectivity index (χ0n) is 6.87. The number of benzene rings is 1. The summed E-state index contributed by atoms with van der Waals surface area (Å²) in [6.45, 7) is 0. The minimum absolute atomic E-state index is 0. The van der Waals surface area contributed by atoms with Crippen LogP contribution in [0.4, 0.5) is 5.69 Å². The standard InChI is InChI=1S/C8H10N.BrH.Zn/c1-9(2)8-6-4-3-5-7-8;;/h4-7H,1-2H3;1H;. The molecule has 0 spiro atoms. The van der Waals surface area contributed by atoms with E-state index in [1.165, 1.54) is 28.1 Å². The van der Waals surface area contributed by atoms with E-state index in [0.717, 1.165) is 0 Å². The topological polar surface area (TPSA) is 3.24 Å². The molecule has 0 atom stereocenters. The van der Waals surface area contributed by atoms with Crippen molar-refractivity contribution in [3.05, 3.63) is 24.3 Å². The molecule has 1 aromatic rings. The summed E-state index contributed by atoms with van der Waals surface area (Å²) in [4.78, 5) is 2.11. The molecule has 0 heterocycles. The minimum atomic E-state index is 0. The third-order valence-corrected chi connectivity index (χ3v) is 2.44. The summed E-state index contributed by atoms with van der Waals surface area (Å²) in [5.74, 6) is 0. The van der Waals surface area contributed by atoms with Gasteiger partial charge in [-0.15, -0.1) is 17.0 Å². The van der Waals surface area contributed by atoms with E-state index in [1.807, 2.05) is 0 Å². The van der Waals surface area contributed by atoms with Gasteiger partial charge in [0.2, 0.25) is 0 Å². The van der Waals surface area contributed by atoms with Crippen LogP contribution in [0.1, 0.15) is 0 Å². The van der Waals surface area contributed by atoms with Crippen LogP contribution in [-0.2, 0) is 18.3 Å². The molecule has 0 amide bonds. The van der Waals surface area contributed by atoms with Gasteiger partial charge in [0.05, 0.1) is 0 Å². The number of rotatable bonds is 1. The normalized spacial score (nSPS) is 8.73. The Morgan fingerprint density at radius 2 is 1.55 bits per heavy atom. The summed E-state index contributed by atoms with van der Waals surface area (Å²) < 4.78 is 1.44. The zero-order valence-corrected chi connectivity index (χ0v) is 11.6. The fraction of sp³-hybridized carbons (Fsp3) is 0.250. The van der Waals surface area contributed by atoms with Gasteiger partial charge in [-0.2, -0.15) is 0 Å². The van der Waals surface area contributed by atoms with Gasteiger partial charge in [0, 0.05) is 0 Å². The Morgan fingerprint density at radius 3 is 1.91 bits per heavy atom. The van der Waals surface area contributed by atoms with E-state index >= 15 is 0 Å². The third kappa shape index (κ3) is 3.35. The first-order valence-electron chi connectivity index (χ1n) is 3.29. The summed E-state index contributed by atoms with van der Waals surface area (Å²) in [6, 6.07) is 8.66. The Kier molecular flexibility index (Phi) is 4.95. The maximum atomic E-state index is 2.18. The second kappa shape index (κ2) is 4.89. The first-order chi connectivity index (χ1) is 4.70. The first-order valence-corrected chi connectivity index (χ1v) is 4.78. The van der Waals surface area contributed by atoms with Crippen LogP contribution in [0.3, 0.4) is 0 Å². The molecule has 0 fully saturated rings. The quantitative estimate of drug-likeness (QED) is 0.697. The summed E-state index contributed by atoms with van der Waals surface area (Å²) in [5, 5.41) is 0. The predicted molar refractivity (Wildman–Crippen MR) is 50.7 cm³/mol. The first kappa shape index (κ1) is 11.1. The molecule has 1 aromatic carbocycles. The Morgan fingerprint density at radius 1 is 1.09 bits per heavy atom. The van der Waals surface area contributed by atoms with Crippen LogP contribution in [0, 0.1) is 0 Å². The fourth-order valence-electron chi connectivity index (χ4n) is 0.794. The van der Waals surface area contributed by atoms with Crippen LogP contribution >= 0.6 is 17.0 Å². The van der Waals surface area contributed by atoms with E-state index in [4.69, 9.17) is 0 Å². The third-order valence-electron chi connectivity index (χ3n) is 1.45. The van der Waals surface area contributed by atoms with E-state index in [-0.39, 0.29) is 17.0 Å². The summed E-state index contributed by atoms with van der Waals surface area (Å²) in [5.41, 5.74) is 1.28. The molecule has 0 aliphatic heterocycles. The molecule has 0 unspecified atom stereocenters. The van der Waals surface area contributed by atoms with Gasteiger partial charge in [-0.3, -0.25) is 0 Å². The van der Waals surface area contributed by atoms with Crippen molar-refractivity contribution in [1.82, 2.24) is 0 Å². The maximum absolute atomic E-state index is 2.18. The molecule has 0 aromatic heterocycles. The number of anilines is 1. The molecule has 0 radical (unpaired) electrons. The predicted octanol–water partition coefficient (Wildman–Crippen LogP) is 1.50. The molecule has 0 bridgehead atoms. The number of hydrogen-bond donors (Lipinski definition) is 0. The van der Waals surface area contributed by atoms with Crippen LogP contribution in [0.15, 0.2) is 24.3 Å². The van der Waals surface area contributed by atoms with Gasteiger partial charge in [0.1, 0.15) is 0 Å². The van der Waals surface area contributed by atoms with E-state index in [2.05, 4.69) is 43.3 Å². The SMILES string of the molecule is Br.CN(C)c1cc[c]([Zn])cc1. The monoisotopic (exact) mass is 264 g/mol. The Hall–Kier alpha value is 0.123. The number of hydrogen-bond acceptors (Lipinski definition) is 1. The van der Waals surface area contributed by atoms with Gasteiger partial charge in [-0.1, -0.05) is 0 Å². The summed E-state index contributed by atoms with van der Waals surface area (Å²) in [6.07, 6.45) is 0. The zero-order chi connectivity index (χ0) is 7.56. The van der Waals surface area contributed by atoms with Gasteiger partial charge in [-0.05, 0) is 0 Å². The molecular weight excluding hydrogens is 255 g/mol. The average molecular weight is 266 g/mol. The molecule has 0 saturated carbocycles. The Bertz CT molecular complexity index is 208. The van der Waals surface area contributed by atoms with Crippen LogP contribution < -0.4 is 9.06 Å². The van der Waals surface area contributed by atoms with Crippen LogP contribution in [0.5, 0.6) is 0 Å². The van der Waals surface area contributed by atoms with Crippen molar-refractivity contribution in [2.75, 3.05) is 19.0 Å². The molecule has 0 aliphatic rings. The van der Waals surface area contributed by atoms with Gasteiger partial charge < -0.3 is 0 Å². The average Bonchev–Trinajstić information content (AvgIpc) is 1.88. The van der Waals surface area contributed by atoms with Crippen molar-refractivity contribution in [1.29, 1.82) is 0 Å². The molecule has 0 N–H and O–H groups in total. The summed E-state index contributed by atoms with van der Waals surface area (Å²) in [7, 11) is 4.11. The Balaban J connectivity index is 0.000001000. The van der Waals surface area contributed by atoms with Gasteiger partial charge in [0.15, 0.2) is 0 Å². The summed E-state index contributed by atoms with van der Waals surface area (Å²) >= 11 is 1.24. The van der Waals surface area contributed by atoms with Crippen molar-refractivity contribution in [3.8, 4) is 0 Å². The van der Waals surface area contributed by atoms with E-state index in [0.29, 0.717) is 0 Å². The number of halogens is 1. The van der Waals surface area contributed by atoms with Gasteiger partial charge in [0.25, 0.3) is 0 Å². The fourth-order valence-corrected chi connectivity index (χ4v) is 1.29. The van der Waals surface area contributed by atoms with E-state index < -0.39 is 0 Å². The molecule has 1 rings (SSSR count). The second-order valence-electron chi connectivity index (χ2n) is 2.56. The van der Waals surface area contributed by atoms with Crippen molar-refractivity contribution >= 4 is 26.8 Å². The molecule has 11 heavy (non-hydrogen) atoms. The van der Waals surface area contributed by atoms with Crippen molar-refractivity contribution in [3.63, 3.8) is 0 Å². The van der Waals surface area contributed by atoms with Crippen molar-refractivity contribution in [2.24, 2.45) is 0 Å². The van der Waals surface area contributed by atoms with Gasteiger partial charge in [-0.25, -0.2) is 0 Å². The van der Waals surface area contributed by atoms with Crippen molar-refractivity contribution in [2.45, 2.75) is 0 Å². The molecule has 1 nitrogen and oxygen atoms in total. The molecule has 57 valence electrons.